The first-order valence-electron chi connectivity index (χ1n) is 7.87. The van der Waals surface area contributed by atoms with E-state index >= 15 is 0 Å². The lowest BCUT2D eigenvalue weighted by atomic mass is 10.1. The van der Waals surface area contributed by atoms with E-state index in [1.165, 1.54) is 11.1 Å². The number of nitrogens with one attached hydrogen (secondary N) is 1. The smallest absolute Gasteiger partial charge is 0.181 e. The van der Waals surface area contributed by atoms with Crippen molar-refractivity contribution in [1.82, 2.24) is 0 Å². The lowest BCUT2D eigenvalue weighted by Gasteiger charge is -2.15. The van der Waals surface area contributed by atoms with Crippen molar-refractivity contribution in [1.29, 1.82) is 0 Å². The third-order valence-electron chi connectivity index (χ3n) is 3.67. The summed E-state index contributed by atoms with van der Waals surface area (Å²) in [6, 6.07) is 10.1. The molecule has 0 atom stereocenters. The van der Waals surface area contributed by atoms with Crippen LogP contribution in [0.3, 0.4) is 0 Å². The van der Waals surface area contributed by atoms with Gasteiger partial charge in [-0.2, -0.15) is 0 Å². The highest BCUT2D eigenvalue weighted by Crippen LogP contribution is 2.36. The average molecular weight is 344 g/mol. The Hall–Kier alpha value is -2.31. The molecule has 24 heavy (non-hydrogen) atoms. The molecule has 0 fully saturated rings. The minimum atomic E-state index is 0.153. The first-order valence-corrected chi connectivity index (χ1v) is 8.25. The van der Waals surface area contributed by atoms with Gasteiger partial charge in [0, 0.05) is 12.2 Å². The van der Waals surface area contributed by atoms with Gasteiger partial charge < -0.3 is 14.8 Å². The molecule has 0 radical (unpaired) electrons. The molecule has 1 N–H and O–H groups in total. The summed E-state index contributed by atoms with van der Waals surface area (Å²) in [6.07, 6.45) is 5.25. The van der Waals surface area contributed by atoms with Crippen molar-refractivity contribution in [3.05, 3.63) is 52.0 Å². The molecule has 0 spiro atoms. The molecule has 0 saturated carbocycles. The van der Waals surface area contributed by atoms with Gasteiger partial charge in [0.25, 0.3) is 0 Å². The minimum Gasteiger partial charge on any atom is -0.490 e. The van der Waals surface area contributed by atoms with E-state index in [1.807, 2.05) is 19.1 Å². The predicted octanol–water partition coefficient (Wildman–Crippen LogP) is 4.98. The quantitative estimate of drug-likeness (QED) is 0.719. The molecule has 0 saturated heterocycles. The van der Waals surface area contributed by atoms with Crippen molar-refractivity contribution in [2.45, 2.75) is 27.3 Å². The first-order chi connectivity index (χ1) is 11.5. The normalized spacial score (nSPS) is 10.1. The second kappa shape index (κ2) is 8.52. The highest BCUT2D eigenvalue weighted by molar-refractivity contribution is 6.32. The molecular formula is C20H22ClNO2. The fourth-order valence-electron chi connectivity index (χ4n) is 2.30. The van der Waals surface area contributed by atoms with Gasteiger partial charge in [0.05, 0.1) is 11.6 Å². The van der Waals surface area contributed by atoms with Gasteiger partial charge in [0.1, 0.15) is 6.61 Å². The molecule has 126 valence electrons. The van der Waals surface area contributed by atoms with E-state index in [-0.39, 0.29) is 6.61 Å². The largest absolute Gasteiger partial charge is 0.490 e. The van der Waals surface area contributed by atoms with Crippen molar-refractivity contribution in [3.8, 4) is 23.8 Å². The van der Waals surface area contributed by atoms with E-state index in [0.717, 1.165) is 11.3 Å². The first kappa shape index (κ1) is 18.0. The molecule has 0 aliphatic carbocycles. The third kappa shape index (κ3) is 4.59. The summed E-state index contributed by atoms with van der Waals surface area (Å²) in [4.78, 5) is 0. The number of hydrogen-bond acceptors (Lipinski definition) is 3. The Kier molecular flexibility index (Phi) is 6.40. The maximum absolute atomic E-state index is 6.33. The van der Waals surface area contributed by atoms with Gasteiger partial charge in [-0.3, -0.25) is 0 Å². The SMILES string of the molecule is C#CCOc1c(Cl)cc(CNc2ccc(C)c(C)c2)cc1OCC. The Morgan fingerprint density at radius 3 is 2.58 bits per heavy atom. The van der Waals surface area contributed by atoms with Crippen LogP contribution in [-0.2, 0) is 6.54 Å². The van der Waals surface area contributed by atoms with Gasteiger partial charge in [-0.1, -0.05) is 23.6 Å². The Balaban J connectivity index is 2.17. The van der Waals surface area contributed by atoms with Crippen LogP contribution < -0.4 is 14.8 Å². The van der Waals surface area contributed by atoms with E-state index in [0.29, 0.717) is 29.7 Å². The van der Waals surface area contributed by atoms with E-state index < -0.39 is 0 Å². The third-order valence-corrected chi connectivity index (χ3v) is 3.95. The van der Waals surface area contributed by atoms with Crippen molar-refractivity contribution < 1.29 is 9.47 Å². The van der Waals surface area contributed by atoms with Crippen molar-refractivity contribution in [2.24, 2.45) is 0 Å². The molecule has 0 amide bonds. The van der Waals surface area contributed by atoms with Crippen LogP contribution in [0.25, 0.3) is 0 Å². The molecule has 2 aromatic carbocycles. The van der Waals surface area contributed by atoms with Gasteiger partial charge in [-0.25, -0.2) is 0 Å². The van der Waals surface area contributed by atoms with Crippen LogP contribution in [0.4, 0.5) is 5.69 Å². The van der Waals surface area contributed by atoms with Crippen LogP contribution in [0.5, 0.6) is 11.5 Å². The number of benzene rings is 2. The zero-order valence-electron chi connectivity index (χ0n) is 14.3. The summed E-state index contributed by atoms with van der Waals surface area (Å²) in [5.41, 5.74) is 4.61. The maximum atomic E-state index is 6.33. The van der Waals surface area contributed by atoms with Crippen molar-refractivity contribution in [3.63, 3.8) is 0 Å². The van der Waals surface area contributed by atoms with Crippen LogP contribution in [-0.4, -0.2) is 13.2 Å². The zero-order chi connectivity index (χ0) is 17.5. The maximum Gasteiger partial charge on any atom is 0.181 e. The predicted molar refractivity (Wildman–Crippen MR) is 100 cm³/mol. The summed E-state index contributed by atoms with van der Waals surface area (Å²) in [5, 5.41) is 3.89. The number of hydrogen-bond donors (Lipinski definition) is 1. The van der Waals surface area contributed by atoms with Crippen LogP contribution in [0, 0.1) is 26.2 Å². The van der Waals surface area contributed by atoms with Crippen molar-refractivity contribution in [2.75, 3.05) is 18.5 Å². The van der Waals surface area contributed by atoms with Gasteiger partial charge in [0.15, 0.2) is 11.5 Å². The van der Waals surface area contributed by atoms with Crippen molar-refractivity contribution >= 4 is 17.3 Å². The number of rotatable bonds is 7. The van der Waals surface area contributed by atoms with E-state index in [9.17, 15) is 0 Å². The molecular weight excluding hydrogens is 322 g/mol. The summed E-state index contributed by atoms with van der Waals surface area (Å²) in [5.74, 6) is 3.54. The molecule has 0 aromatic heterocycles. The fraction of sp³-hybridized carbons (Fsp3) is 0.300. The second-order valence-corrected chi connectivity index (χ2v) is 5.89. The second-order valence-electron chi connectivity index (χ2n) is 5.48. The standard InChI is InChI=1S/C20H22ClNO2/c1-5-9-24-20-18(21)11-16(12-19(20)23-6-2)13-22-17-8-7-14(3)15(4)10-17/h1,7-8,10-12,22H,6,9,13H2,2-4H3. The summed E-state index contributed by atoms with van der Waals surface area (Å²) in [6.45, 7) is 7.43. The van der Waals surface area contributed by atoms with E-state index in [4.69, 9.17) is 27.5 Å². The summed E-state index contributed by atoms with van der Waals surface area (Å²) >= 11 is 6.33. The lowest BCUT2D eigenvalue weighted by Crippen LogP contribution is -2.04. The number of terminal acetylenes is 1. The van der Waals surface area contributed by atoms with Crippen LogP contribution in [0.2, 0.25) is 5.02 Å². The molecule has 3 nitrogen and oxygen atoms in total. The molecule has 0 bridgehead atoms. The van der Waals surface area contributed by atoms with E-state index in [1.54, 1.807) is 0 Å². The molecule has 0 aliphatic rings. The van der Waals surface area contributed by atoms with Crippen LogP contribution in [0.15, 0.2) is 30.3 Å². The van der Waals surface area contributed by atoms with E-state index in [2.05, 4.69) is 43.3 Å². The number of ether oxygens (including phenoxy) is 2. The monoisotopic (exact) mass is 343 g/mol. The average Bonchev–Trinajstić information content (AvgIpc) is 2.55. The molecule has 0 unspecified atom stereocenters. The van der Waals surface area contributed by atoms with Gasteiger partial charge >= 0.3 is 0 Å². The van der Waals surface area contributed by atoms with Gasteiger partial charge in [-0.05, 0) is 61.7 Å². The summed E-state index contributed by atoms with van der Waals surface area (Å²) in [7, 11) is 0. The fourth-order valence-corrected chi connectivity index (χ4v) is 2.58. The summed E-state index contributed by atoms with van der Waals surface area (Å²) < 4.78 is 11.1. The number of anilines is 1. The molecule has 4 heteroatoms. The molecule has 0 heterocycles. The highest BCUT2D eigenvalue weighted by Gasteiger charge is 2.12. The van der Waals surface area contributed by atoms with Gasteiger partial charge in [0.2, 0.25) is 0 Å². The minimum absolute atomic E-state index is 0.153. The highest BCUT2D eigenvalue weighted by atomic mass is 35.5. The zero-order valence-corrected chi connectivity index (χ0v) is 15.0. The molecule has 2 aromatic rings. The Morgan fingerprint density at radius 1 is 1.12 bits per heavy atom. The Labute approximate surface area is 148 Å². The molecule has 2 rings (SSSR count). The number of halogens is 1. The Morgan fingerprint density at radius 2 is 1.92 bits per heavy atom. The number of aryl methyl sites for hydroxylation is 2. The Bertz CT molecular complexity index is 750. The van der Waals surface area contributed by atoms with Crippen LogP contribution >= 0.6 is 11.6 Å². The van der Waals surface area contributed by atoms with Gasteiger partial charge in [-0.15, -0.1) is 6.42 Å². The lowest BCUT2D eigenvalue weighted by molar-refractivity contribution is 0.299. The van der Waals surface area contributed by atoms with Crippen LogP contribution in [0.1, 0.15) is 23.6 Å². The molecule has 0 aliphatic heterocycles. The topological polar surface area (TPSA) is 30.5 Å².